The van der Waals surface area contributed by atoms with Gasteiger partial charge in [-0.3, -0.25) is 9.69 Å². The van der Waals surface area contributed by atoms with Gasteiger partial charge in [0.05, 0.1) is 19.3 Å². The highest BCUT2D eigenvalue weighted by atomic mass is 35.5. The summed E-state index contributed by atoms with van der Waals surface area (Å²) in [6, 6.07) is 13.8. The number of amides is 1. The molecule has 3 rings (SSSR count). The minimum Gasteiger partial charge on any atom is -0.495 e. The normalized spacial score (nSPS) is 20.2. The van der Waals surface area contributed by atoms with E-state index in [4.69, 9.17) is 22.1 Å². The Morgan fingerprint density at radius 1 is 1.31 bits per heavy atom. The number of carbonyl (C=O) groups is 1. The van der Waals surface area contributed by atoms with Gasteiger partial charge in [-0.15, -0.1) is 0 Å². The lowest BCUT2D eigenvalue weighted by Gasteiger charge is -2.17. The zero-order valence-corrected chi connectivity index (χ0v) is 15.8. The van der Waals surface area contributed by atoms with Crippen LogP contribution in [-0.2, 0) is 4.79 Å². The molecule has 0 aliphatic carbocycles. The Kier molecular flexibility index (Phi) is 5.81. The van der Waals surface area contributed by atoms with E-state index in [2.05, 4.69) is 22.3 Å². The van der Waals surface area contributed by atoms with Crippen LogP contribution in [-0.4, -0.2) is 43.6 Å². The minimum atomic E-state index is -0.0917. The van der Waals surface area contributed by atoms with Crippen molar-refractivity contribution in [2.75, 3.05) is 32.1 Å². The van der Waals surface area contributed by atoms with E-state index in [-0.39, 0.29) is 17.9 Å². The zero-order chi connectivity index (χ0) is 18.7. The maximum Gasteiger partial charge on any atom is 0.238 e. The third kappa shape index (κ3) is 4.18. The van der Waals surface area contributed by atoms with E-state index in [1.807, 2.05) is 31.2 Å². The molecule has 3 N–H and O–H groups in total. The van der Waals surface area contributed by atoms with E-state index >= 15 is 0 Å². The number of methoxy groups -OCH3 is 1. The molecule has 5 nitrogen and oxygen atoms in total. The second-order valence-electron chi connectivity index (χ2n) is 6.72. The summed E-state index contributed by atoms with van der Waals surface area (Å²) in [7, 11) is 1.56. The van der Waals surface area contributed by atoms with Gasteiger partial charge in [0.15, 0.2) is 0 Å². The van der Waals surface area contributed by atoms with Gasteiger partial charge in [-0.05, 0) is 24.1 Å². The Morgan fingerprint density at radius 3 is 2.73 bits per heavy atom. The van der Waals surface area contributed by atoms with Crippen LogP contribution >= 0.6 is 11.6 Å². The highest BCUT2D eigenvalue weighted by Crippen LogP contribution is 2.31. The van der Waals surface area contributed by atoms with Gasteiger partial charge in [0.25, 0.3) is 0 Å². The first-order valence-electron chi connectivity index (χ1n) is 8.64. The third-order valence-corrected chi connectivity index (χ3v) is 5.20. The molecule has 1 aliphatic heterocycles. The molecule has 1 fully saturated rings. The number of nitrogens with two attached hydrogens (primary N) is 1. The molecule has 138 valence electrons. The number of anilines is 1. The summed E-state index contributed by atoms with van der Waals surface area (Å²) in [5, 5.41) is 3.53. The minimum absolute atomic E-state index is 0.0255. The molecule has 1 amide bonds. The number of benzene rings is 2. The standard InChI is InChI=1S/C20H24ClN3O2/c1-13-8-18(19(26-2)9-16(13)21)23-20(25)12-24-10-15(17(22)11-24)14-6-4-3-5-7-14/h3-9,15,17H,10-12,22H2,1-2H3,(H,23,25)/t15-,17+/m0/s1. The molecule has 26 heavy (non-hydrogen) atoms. The monoisotopic (exact) mass is 373 g/mol. The lowest BCUT2D eigenvalue weighted by atomic mass is 9.95. The van der Waals surface area contributed by atoms with E-state index < -0.39 is 0 Å². The summed E-state index contributed by atoms with van der Waals surface area (Å²) < 4.78 is 5.31. The zero-order valence-electron chi connectivity index (χ0n) is 15.0. The number of halogens is 1. The van der Waals surface area contributed by atoms with Crippen molar-refractivity contribution in [2.45, 2.75) is 18.9 Å². The Labute approximate surface area is 159 Å². The van der Waals surface area contributed by atoms with Crippen molar-refractivity contribution in [3.63, 3.8) is 0 Å². The Hall–Kier alpha value is -2.08. The fourth-order valence-electron chi connectivity index (χ4n) is 3.42. The van der Waals surface area contributed by atoms with E-state index in [0.717, 1.165) is 12.1 Å². The van der Waals surface area contributed by atoms with Crippen LogP contribution in [0.25, 0.3) is 0 Å². The molecule has 0 radical (unpaired) electrons. The molecular weight excluding hydrogens is 350 g/mol. The SMILES string of the molecule is COc1cc(Cl)c(C)cc1NC(=O)CN1C[C@@H](N)[C@H](c2ccccc2)C1. The van der Waals surface area contributed by atoms with E-state index in [9.17, 15) is 4.79 Å². The van der Waals surface area contributed by atoms with Gasteiger partial charge >= 0.3 is 0 Å². The van der Waals surface area contributed by atoms with E-state index in [0.29, 0.717) is 29.5 Å². The molecule has 1 saturated heterocycles. The number of aryl methyl sites for hydroxylation is 1. The number of hydrogen-bond donors (Lipinski definition) is 2. The van der Waals surface area contributed by atoms with Crippen LogP contribution in [0.15, 0.2) is 42.5 Å². The molecule has 1 aliphatic rings. The number of nitrogens with zero attached hydrogens (tertiary/aromatic N) is 1. The topological polar surface area (TPSA) is 67.6 Å². The van der Waals surface area contributed by atoms with Crippen molar-refractivity contribution in [1.82, 2.24) is 4.90 Å². The van der Waals surface area contributed by atoms with Crippen LogP contribution in [0.5, 0.6) is 5.75 Å². The van der Waals surface area contributed by atoms with Crippen molar-refractivity contribution in [2.24, 2.45) is 5.73 Å². The lowest BCUT2D eigenvalue weighted by Crippen LogP contribution is -2.33. The fourth-order valence-corrected chi connectivity index (χ4v) is 3.57. The first-order chi connectivity index (χ1) is 12.5. The van der Waals surface area contributed by atoms with Crippen LogP contribution in [0, 0.1) is 6.92 Å². The van der Waals surface area contributed by atoms with Gasteiger partial charge in [0.2, 0.25) is 5.91 Å². The van der Waals surface area contributed by atoms with Crippen LogP contribution in [0.4, 0.5) is 5.69 Å². The van der Waals surface area contributed by atoms with Crippen molar-refractivity contribution in [3.8, 4) is 5.75 Å². The lowest BCUT2D eigenvalue weighted by molar-refractivity contribution is -0.117. The molecular formula is C20H24ClN3O2. The van der Waals surface area contributed by atoms with Crippen LogP contribution in [0.1, 0.15) is 17.0 Å². The van der Waals surface area contributed by atoms with Crippen molar-refractivity contribution in [1.29, 1.82) is 0 Å². The average molecular weight is 374 g/mol. The molecule has 0 unspecified atom stereocenters. The molecule has 0 bridgehead atoms. The van der Waals surface area contributed by atoms with E-state index in [1.54, 1.807) is 13.2 Å². The summed E-state index contributed by atoms with van der Waals surface area (Å²) in [6.45, 7) is 3.66. The van der Waals surface area contributed by atoms with Crippen LogP contribution < -0.4 is 15.8 Å². The van der Waals surface area contributed by atoms with Crippen LogP contribution in [0.3, 0.4) is 0 Å². The maximum atomic E-state index is 12.5. The highest BCUT2D eigenvalue weighted by molar-refractivity contribution is 6.31. The van der Waals surface area contributed by atoms with Crippen molar-refractivity contribution < 1.29 is 9.53 Å². The molecule has 2 aromatic carbocycles. The largest absolute Gasteiger partial charge is 0.495 e. The fraction of sp³-hybridized carbons (Fsp3) is 0.350. The second kappa shape index (κ2) is 8.08. The Bertz CT molecular complexity index is 782. The Morgan fingerprint density at radius 2 is 2.04 bits per heavy atom. The number of carbonyl (C=O) groups excluding carboxylic acids is 1. The van der Waals surface area contributed by atoms with Gasteiger partial charge in [-0.25, -0.2) is 0 Å². The second-order valence-corrected chi connectivity index (χ2v) is 7.13. The third-order valence-electron chi connectivity index (χ3n) is 4.79. The highest BCUT2D eigenvalue weighted by Gasteiger charge is 2.32. The predicted molar refractivity (Wildman–Crippen MR) is 105 cm³/mol. The molecule has 0 saturated carbocycles. The molecule has 2 atom stereocenters. The molecule has 0 spiro atoms. The van der Waals surface area contributed by atoms with E-state index in [1.165, 1.54) is 5.56 Å². The summed E-state index contributed by atoms with van der Waals surface area (Å²) in [5.41, 5.74) is 9.04. The van der Waals surface area contributed by atoms with Crippen molar-refractivity contribution in [3.05, 3.63) is 58.6 Å². The quantitative estimate of drug-likeness (QED) is 0.845. The molecule has 0 aromatic heterocycles. The van der Waals surface area contributed by atoms with Gasteiger partial charge in [0.1, 0.15) is 5.75 Å². The van der Waals surface area contributed by atoms with Gasteiger partial charge in [-0.1, -0.05) is 41.9 Å². The van der Waals surface area contributed by atoms with Crippen molar-refractivity contribution >= 4 is 23.2 Å². The van der Waals surface area contributed by atoms with Gasteiger partial charge in [0, 0.05) is 36.1 Å². The Balaban J connectivity index is 1.63. The number of hydrogen-bond acceptors (Lipinski definition) is 4. The smallest absolute Gasteiger partial charge is 0.238 e. The summed E-state index contributed by atoms with van der Waals surface area (Å²) in [6.07, 6.45) is 0. The number of ether oxygens (including phenoxy) is 1. The van der Waals surface area contributed by atoms with Gasteiger partial charge in [-0.2, -0.15) is 0 Å². The maximum absolute atomic E-state index is 12.5. The number of nitrogens with one attached hydrogen (secondary N) is 1. The summed E-state index contributed by atoms with van der Waals surface area (Å²) >= 11 is 6.11. The first kappa shape index (κ1) is 18.7. The summed E-state index contributed by atoms with van der Waals surface area (Å²) in [4.78, 5) is 14.6. The summed E-state index contributed by atoms with van der Waals surface area (Å²) in [5.74, 6) is 0.705. The molecule has 6 heteroatoms. The molecule has 2 aromatic rings. The molecule has 1 heterocycles. The van der Waals surface area contributed by atoms with Crippen LogP contribution in [0.2, 0.25) is 5.02 Å². The first-order valence-corrected chi connectivity index (χ1v) is 9.02. The number of rotatable bonds is 5. The van der Waals surface area contributed by atoms with Gasteiger partial charge < -0.3 is 15.8 Å². The number of likely N-dealkylation sites (tertiary alicyclic amines) is 1. The average Bonchev–Trinajstić information content (AvgIpc) is 2.98. The predicted octanol–water partition coefficient (Wildman–Crippen LogP) is 3.02.